The number of benzene rings is 2. The molecule has 68 heavy (non-hydrogen) atoms. The van der Waals surface area contributed by atoms with Gasteiger partial charge in [0.05, 0.1) is 48.5 Å². The third-order valence-electron chi connectivity index (χ3n) is 10.3. The number of hydrogen-bond acceptors (Lipinski definition) is 17. The molecule has 4 aromatic rings. The van der Waals surface area contributed by atoms with E-state index in [-0.39, 0.29) is 70.6 Å². The normalized spacial score (nSPS) is 22.8. The highest BCUT2D eigenvalue weighted by molar-refractivity contribution is 7.49. The predicted molar refractivity (Wildman–Crippen MR) is 248 cm³/mol. The number of aromatic amines is 2. The molecule has 3 N–H and O–H groups in total. The molecular formula is C41H51Cl2N6O16P3. The Kier molecular flexibility index (Phi) is 18.3. The molecule has 0 amide bonds. The van der Waals surface area contributed by atoms with Gasteiger partial charge in [0, 0.05) is 48.4 Å². The summed E-state index contributed by atoms with van der Waals surface area (Å²) in [6.07, 6.45) is -4.94. The van der Waals surface area contributed by atoms with E-state index in [0.29, 0.717) is 0 Å². The minimum Gasteiger partial charge on any atom is -0.403 e. The van der Waals surface area contributed by atoms with Crippen LogP contribution < -0.4 is 31.5 Å². The number of nitrogens with zero attached hydrogens (tertiary/aromatic N) is 4. The van der Waals surface area contributed by atoms with Crippen LogP contribution in [0.3, 0.4) is 0 Å². The van der Waals surface area contributed by atoms with Gasteiger partial charge in [-0.05, 0) is 65.8 Å². The van der Waals surface area contributed by atoms with Gasteiger partial charge in [-0.1, -0.05) is 47.5 Å². The molecule has 2 aliphatic heterocycles. The van der Waals surface area contributed by atoms with Crippen molar-refractivity contribution >= 4 is 47.4 Å². The minimum absolute atomic E-state index is 0.00221. The number of nitrogens with one attached hydrogen (secondary N) is 2. The number of para-hydroxylation sites is 2. The van der Waals surface area contributed by atoms with Crippen LogP contribution in [0.1, 0.15) is 70.5 Å². The fourth-order valence-corrected chi connectivity index (χ4v) is 11.6. The third kappa shape index (κ3) is 13.7. The SMILES string of the molecule is Cc1cn([C@H]2C[C@H](OP(OCCC#N)N(C(C)C)C(C)C)[C@@H](COP(=O)(Oc3ccccc3Cl)O[C@H]3C[C@H](n4cc(C)c(=O)[nH]c4=O)O[C@@H]3COP(=O)(O)Oc3ccccc3Cl)O2)c(=O)[nH]c1=O. The summed E-state index contributed by atoms with van der Waals surface area (Å²) in [5, 5.41) is 9.32. The van der Waals surface area contributed by atoms with Crippen molar-refractivity contribution in [3.05, 3.63) is 124 Å². The lowest BCUT2D eigenvalue weighted by Gasteiger charge is -2.37. The van der Waals surface area contributed by atoms with Crippen LogP contribution in [0.5, 0.6) is 11.5 Å². The van der Waals surface area contributed by atoms with E-state index in [1.165, 1.54) is 61.1 Å². The Morgan fingerprint density at radius 2 is 1.29 bits per heavy atom. The van der Waals surface area contributed by atoms with E-state index in [1.807, 2.05) is 32.4 Å². The second kappa shape index (κ2) is 23.3. The minimum atomic E-state index is -5.00. The molecule has 6 rings (SSSR count). The molecular weight excluding hydrogens is 996 g/mol. The average Bonchev–Trinajstić information content (AvgIpc) is 3.86. The molecule has 0 spiro atoms. The molecule has 0 bridgehead atoms. The summed E-state index contributed by atoms with van der Waals surface area (Å²) in [4.78, 5) is 66.0. The summed E-state index contributed by atoms with van der Waals surface area (Å²) in [6, 6.07) is 13.7. The van der Waals surface area contributed by atoms with Crippen LogP contribution in [0.4, 0.5) is 0 Å². The van der Waals surface area contributed by atoms with E-state index in [4.69, 9.17) is 64.3 Å². The molecule has 4 heterocycles. The Morgan fingerprint density at radius 1 is 0.809 bits per heavy atom. The first kappa shape index (κ1) is 53.4. The first-order valence-electron chi connectivity index (χ1n) is 21.2. The van der Waals surface area contributed by atoms with Crippen molar-refractivity contribution in [2.45, 2.75) is 110 Å². The lowest BCUT2D eigenvalue weighted by Crippen LogP contribution is -2.36. The number of halogens is 2. The van der Waals surface area contributed by atoms with Crippen LogP contribution in [0.15, 0.2) is 80.1 Å². The summed E-state index contributed by atoms with van der Waals surface area (Å²) < 4.78 is 86.8. The number of nitriles is 1. The number of phosphoric ester groups is 2. The standard InChI is InChI=1S/C41H51Cl2N6O16P3/c1-24(2)49(25(3)4)66(57-17-11-16-44)62-32-18-36(47-20-26(5)38(50)45-40(47)52)60-34(32)23-59-68(56,64-31-15-10-8-13-29(31)43)65-33-19-37(48-21-27(6)39(51)46-41(48)53)61-35(33)22-58-67(54,55)63-30-14-9-7-12-28(30)42/h7-10,12-15,20-21,24-25,32-37H,11,17-19,22-23H2,1-6H3,(H,54,55)(H,45,50,52)(H,46,51,53)/t32-,33-,34+,35+,36+,37+,66?,68?/m0/s1. The van der Waals surface area contributed by atoms with Gasteiger partial charge in [-0.15, -0.1) is 0 Å². The maximum absolute atomic E-state index is 15.2. The molecule has 3 unspecified atom stereocenters. The van der Waals surface area contributed by atoms with Gasteiger partial charge in [-0.2, -0.15) is 5.26 Å². The lowest BCUT2D eigenvalue weighted by molar-refractivity contribution is -0.0551. The van der Waals surface area contributed by atoms with Crippen molar-refractivity contribution in [1.29, 1.82) is 5.26 Å². The van der Waals surface area contributed by atoms with Crippen molar-refractivity contribution in [2.24, 2.45) is 0 Å². The summed E-state index contributed by atoms with van der Waals surface area (Å²) in [5.41, 5.74) is -2.53. The van der Waals surface area contributed by atoms with Gasteiger partial charge in [0.15, 0.2) is 0 Å². The van der Waals surface area contributed by atoms with Crippen molar-refractivity contribution in [1.82, 2.24) is 23.8 Å². The molecule has 9 atom stereocenters. The second-order valence-electron chi connectivity index (χ2n) is 16.1. The van der Waals surface area contributed by atoms with Gasteiger partial charge in [0.2, 0.25) is 0 Å². The summed E-state index contributed by atoms with van der Waals surface area (Å²) in [5.74, 6) is -0.311. The molecule has 27 heteroatoms. The van der Waals surface area contributed by atoms with Crippen LogP contribution >= 0.6 is 47.4 Å². The van der Waals surface area contributed by atoms with Gasteiger partial charge in [0.1, 0.15) is 42.3 Å². The Balaban J connectivity index is 1.34. The van der Waals surface area contributed by atoms with E-state index in [9.17, 15) is 33.9 Å². The van der Waals surface area contributed by atoms with Crippen LogP contribution in [0.2, 0.25) is 10.0 Å². The first-order chi connectivity index (χ1) is 32.2. The molecule has 2 fully saturated rings. The van der Waals surface area contributed by atoms with E-state index in [1.54, 1.807) is 18.2 Å². The maximum Gasteiger partial charge on any atom is 0.530 e. The van der Waals surface area contributed by atoms with E-state index >= 15 is 4.57 Å². The van der Waals surface area contributed by atoms with Gasteiger partial charge in [0.25, 0.3) is 19.6 Å². The van der Waals surface area contributed by atoms with Gasteiger partial charge in [-0.3, -0.25) is 47.2 Å². The number of hydrogen-bond donors (Lipinski definition) is 3. The number of ether oxygens (including phenoxy) is 2. The zero-order valence-electron chi connectivity index (χ0n) is 37.6. The first-order valence-corrected chi connectivity index (χ1v) is 26.0. The van der Waals surface area contributed by atoms with Gasteiger partial charge < -0.3 is 27.6 Å². The molecule has 2 aliphatic rings. The van der Waals surface area contributed by atoms with E-state index in [0.717, 1.165) is 4.57 Å². The maximum atomic E-state index is 15.2. The molecule has 2 aromatic carbocycles. The van der Waals surface area contributed by atoms with Crippen LogP contribution in [-0.2, 0) is 41.2 Å². The highest BCUT2D eigenvalue weighted by Crippen LogP contribution is 2.56. The molecule has 0 radical (unpaired) electrons. The lowest BCUT2D eigenvalue weighted by atomic mass is 10.2. The molecule has 0 aliphatic carbocycles. The van der Waals surface area contributed by atoms with Crippen molar-refractivity contribution in [2.75, 3.05) is 19.8 Å². The Labute approximate surface area is 401 Å². The van der Waals surface area contributed by atoms with Gasteiger partial charge in [-0.25, -0.2) is 23.4 Å². The van der Waals surface area contributed by atoms with E-state index in [2.05, 4.69) is 16.0 Å². The topological polar surface area (TPSA) is 274 Å². The van der Waals surface area contributed by atoms with Crippen LogP contribution in [-0.4, -0.2) is 85.0 Å². The average molecular weight is 1050 g/mol. The zero-order chi connectivity index (χ0) is 49.5. The zero-order valence-corrected chi connectivity index (χ0v) is 41.8. The van der Waals surface area contributed by atoms with Crippen LogP contribution in [0.25, 0.3) is 0 Å². The smallest absolute Gasteiger partial charge is 0.403 e. The fourth-order valence-electron chi connectivity index (χ4n) is 7.16. The quantitative estimate of drug-likeness (QED) is 0.0526. The molecule has 22 nitrogen and oxygen atoms in total. The number of phosphoric acid groups is 2. The summed E-state index contributed by atoms with van der Waals surface area (Å²) in [6.45, 7) is 9.39. The highest BCUT2D eigenvalue weighted by atomic mass is 35.5. The molecule has 370 valence electrons. The Hall–Kier alpha value is -4.00. The van der Waals surface area contributed by atoms with Crippen LogP contribution in [0, 0.1) is 25.2 Å². The third-order valence-corrected chi connectivity index (χ3v) is 15.4. The number of H-pyrrole nitrogens is 2. The molecule has 2 saturated heterocycles. The summed E-state index contributed by atoms with van der Waals surface area (Å²) in [7, 11) is -11.9. The summed E-state index contributed by atoms with van der Waals surface area (Å²) >= 11 is 12.6. The number of aryl methyl sites for hydroxylation is 2. The number of rotatable bonds is 22. The Bertz CT molecular complexity index is 2780. The predicted octanol–water partition coefficient (Wildman–Crippen LogP) is 7.03. The highest BCUT2D eigenvalue weighted by Gasteiger charge is 2.48. The molecule has 2 aromatic heterocycles. The van der Waals surface area contributed by atoms with E-state index < -0.39 is 96.8 Å². The van der Waals surface area contributed by atoms with Crippen molar-refractivity contribution in [3.8, 4) is 17.6 Å². The molecule has 0 saturated carbocycles. The largest absolute Gasteiger partial charge is 0.530 e. The Morgan fingerprint density at radius 3 is 1.81 bits per heavy atom. The van der Waals surface area contributed by atoms with Crippen molar-refractivity contribution < 1.29 is 55.2 Å². The second-order valence-corrected chi connectivity index (χ2v) is 21.2. The number of aromatic nitrogens is 4. The fraction of sp³-hybridized carbons (Fsp3) is 0.488. The van der Waals surface area contributed by atoms with Gasteiger partial charge >= 0.3 is 27.0 Å². The van der Waals surface area contributed by atoms with Crippen molar-refractivity contribution in [3.63, 3.8) is 0 Å². The monoisotopic (exact) mass is 1050 g/mol.